The Balaban J connectivity index is 1.56. The SMILES string of the molecule is CCOCc1ccccc1NC(=O)CCc1nc(-c2cccnc2)no1. The molecule has 1 amide bonds. The van der Waals surface area contributed by atoms with E-state index in [1.807, 2.05) is 37.3 Å². The van der Waals surface area contributed by atoms with Crippen molar-refractivity contribution in [2.75, 3.05) is 11.9 Å². The zero-order chi connectivity index (χ0) is 18.2. The van der Waals surface area contributed by atoms with Gasteiger partial charge in [-0.1, -0.05) is 23.4 Å². The Bertz CT molecular complexity index is 849. The zero-order valence-electron chi connectivity index (χ0n) is 14.5. The van der Waals surface area contributed by atoms with Gasteiger partial charge in [0.2, 0.25) is 17.6 Å². The Hall–Kier alpha value is -3.06. The second-order valence-electron chi connectivity index (χ2n) is 5.60. The van der Waals surface area contributed by atoms with Crippen LogP contribution >= 0.6 is 0 Å². The fourth-order valence-corrected chi connectivity index (χ4v) is 2.38. The first kappa shape index (κ1) is 17.8. The fraction of sp³-hybridized carbons (Fsp3) is 0.263. The maximum atomic E-state index is 12.2. The first-order chi connectivity index (χ1) is 12.8. The number of pyridine rings is 1. The molecule has 0 radical (unpaired) electrons. The Morgan fingerprint density at radius 3 is 2.92 bits per heavy atom. The Morgan fingerprint density at radius 1 is 1.23 bits per heavy atom. The van der Waals surface area contributed by atoms with Crippen LogP contribution in [0.25, 0.3) is 11.4 Å². The van der Waals surface area contributed by atoms with Crippen LogP contribution in [0.5, 0.6) is 0 Å². The van der Waals surface area contributed by atoms with Crippen LogP contribution in [0.3, 0.4) is 0 Å². The number of aryl methyl sites for hydroxylation is 1. The van der Waals surface area contributed by atoms with Crippen LogP contribution in [0, 0.1) is 0 Å². The number of rotatable bonds is 8. The summed E-state index contributed by atoms with van der Waals surface area (Å²) in [6, 6.07) is 11.2. The van der Waals surface area contributed by atoms with E-state index in [1.165, 1.54) is 0 Å². The predicted molar refractivity (Wildman–Crippen MR) is 96.3 cm³/mol. The van der Waals surface area contributed by atoms with Crippen LogP contribution in [0.2, 0.25) is 0 Å². The number of benzene rings is 1. The maximum absolute atomic E-state index is 12.2. The van der Waals surface area contributed by atoms with E-state index >= 15 is 0 Å². The van der Waals surface area contributed by atoms with Crippen LogP contribution in [0.1, 0.15) is 24.8 Å². The number of anilines is 1. The summed E-state index contributed by atoms with van der Waals surface area (Å²) in [5.41, 5.74) is 2.48. The van der Waals surface area contributed by atoms with Gasteiger partial charge in [-0.3, -0.25) is 9.78 Å². The molecule has 0 aliphatic heterocycles. The Kier molecular flexibility index (Phi) is 6.05. The summed E-state index contributed by atoms with van der Waals surface area (Å²) in [5, 5.41) is 6.83. The lowest BCUT2D eigenvalue weighted by atomic mass is 10.2. The predicted octanol–water partition coefficient (Wildman–Crippen LogP) is 3.24. The third-order valence-corrected chi connectivity index (χ3v) is 3.71. The van der Waals surface area contributed by atoms with E-state index < -0.39 is 0 Å². The molecule has 2 aromatic heterocycles. The highest BCUT2D eigenvalue weighted by molar-refractivity contribution is 5.91. The molecule has 7 heteroatoms. The summed E-state index contributed by atoms with van der Waals surface area (Å²) in [5.74, 6) is 0.771. The smallest absolute Gasteiger partial charge is 0.227 e. The van der Waals surface area contributed by atoms with Gasteiger partial charge in [-0.15, -0.1) is 0 Å². The molecule has 1 aromatic carbocycles. The molecule has 0 fully saturated rings. The number of para-hydroxylation sites is 1. The molecule has 2 heterocycles. The molecule has 0 aliphatic rings. The second kappa shape index (κ2) is 8.87. The van der Waals surface area contributed by atoms with Gasteiger partial charge in [0.25, 0.3) is 0 Å². The number of amides is 1. The molecule has 3 aromatic rings. The van der Waals surface area contributed by atoms with Crippen LogP contribution in [-0.4, -0.2) is 27.6 Å². The third kappa shape index (κ3) is 4.73. The molecule has 0 saturated heterocycles. The molecule has 0 unspecified atom stereocenters. The second-order valence-corrected chi connectivity index (χ2v) is 5.60. The van der Waals surface area contributed by atoms with Crippen LogP contribution < -0.4 is 5.32 Å². The highest BCUT2D eigenvalue weighted by atomic mass is 16.5. The normalized spacial score (nSPS) is 10.7. The molecule has 0 bridgehead atoms. The van der Waals surface area contributed by atoms with Crippen LogP contribution in [0.4, 0.5) is 5.69 Å². The molecule has 0 aliphatic carbocycles. The van der Waals surface area contributed by atoms with Gasteiger partial charge in [0.1, 0.15) is 0 Å². The van der Waals surface area contributed by atoms with Gasteiger partial charge < -0.3 is 14.6 Å². The third-order valence-electron chi connectivity index (χ3n) is 3.71. The molecular formula is C19H20N4O3. The van der Waals surface area contributed by atoms with Gasteiger partial charge >= 0.3 is 0 Å². The number of hydrogen-bond donors (Lipinski definition) is 1. The van der Waals surface area contributed by atoms with E-state index in [-0.39, 0.29) is 12.3 Å². The highest BCUT2D eigenvalue weighted by Crippen LogP contribution is 2.17. The average molecular weight is 352 g/mol. The quantitative estimate of drug-likeness (QED) is 0.669. The van der Waals surface area contributed by atoms with Gasteiger partial charge in [0, 0.05) is 48.7 Å². The van der Waals surface area contributed by atoms with Crippen molar-refractivity contribution in [2.45, 2.75) is 26.4 Å². The Labute approximate surface area is 151 Å². The van der Waals surface area contributed by atoms with Gasteiger partial charge in [0.15, 0.2) is 0 Å². The summed E-state index contributed by atoms with van der Waals surface area (Å²) in [4.78, 5) is 20.6. The van der Waals surface area contributed by atoms with Crippen LogP contribution in [0.15, 0.2) is 53.3 Å². The van der Waals surface area contributed by atoms with Crippen molar-refractivity contribution in [3.63, 3.8) is 0 Å². The fourth-order valence-electron chi connectivity index (χ4n) is 2.38. The summed E-state index contributed by atoms with van der Waals surface area (Å²) in [6.07, 6.45) is 3.96. The number of aromatic nitrogens is 3. The first-order valence-corrected chi connectivity index (χ1v) is 8.44. The topological polar surface area (TPSA) is 90.1 Å². The van der Waals surface area contributed by atoms with Crippen molar-refractivity contribution in [1.82, 2.24) is 15.1 Å². The van der Waals surface area contributed by atoms with Gasteiger partial charge in [-0.2, -0.15) is 4.98 Å². The number of carbonyl (C=O) groups excluding carboxylic acids is 1. The number of hydrogen-bond acceptors (Lipinski definition) is 6. The van der Waals surface area contributed by atoms with E-state index in [1.54, 1.807) is 18.5 Å². The number of nitrogens with zero attached hydrogens (tertiary/aromatic N) is 3. The average Bonchev–Trinajstić information content (AvgIpc) is 3.15. The van der Waals surface area contributed by atoms with Gasteiger partial charge in [0.05, 0.1) is 6.61 Å². The van der Waals surface area contributed by atoms with Crippen molar-refractivity contribution < 1.29 is 14.1 Å². The van der Waals surface area contributed by atoms with Crippen molar-refractivity contribution in [3.8, 4) is 11.4 Å². The standard InChI is InChI=1S/C19H20N4O3/c1-2-25-13-15-6-3-4-8-16(15)21-17(24)9-10-18-22-19(23-26-18)14-7-5-11-20-12-14/h3-8,11-12H,2,9-10,13H2,1H3,(H,21,24). The largest absolute Gasteiger partial charge is 0.377 e. The van der Waals surface area contributed by atoms with E-state index in [0.717, 1.165) is 16.8 Å². The molecule has 134 valence electrons. The number of nitrogens with one attached hydrogen (secondary N) is 1. The first-order valence-electron chi connectivity index (χ1n) is 8.44. The van der Waals surface area contributed by atoms with Crippen molar-refractivity contribution >= 4 is 11.6 Å². The van der Waals surface area contributed by atoms with Crippen molar-refractivity contribution in [2.24, 2.45) is 0 Å². The zero-order valence-corrected chi connectivity index (χ0v) is 14.5. The minimum atomic E-state index is -0.116. The molecular weight excluding hydrogens is 332 g/mol. The molecule has 0 saturated carbocycles. The minimum Gasteiger partial charge on any atom is -0.377 e. The minimum absolute atomic E-state index is 0.116. The maximum Gasteiger partial charge on any atom is 0.227 e. The van der Waals surface area contributed by atoms with Crippen molar-refractivity contribution in [1.29, 1.82) is 0 Å². The van der Waals surface area contributed by atoms with E-state index in [9.17, 15) is 4.79 Å². The summed E-state index contributed by atoms with van der Waals surface area (Å²) in [6.45, 7) is 3.02. The summed E-state index contributed by atoms with van der Waals surface area (Å²) >= 11 is 0. The molecule has 7 nitrogen and oxygen atoms in total. The monoisotopic (exact) mass is 352 g/mol. The number of carbonyl (C=O) groups is 1. The molecule has 1 N–H and O–H groups in total. The van der Waals surface area contributed by atoms with E-state index in [0.29, 0.717) is 31.3 Å². The van der Waals surface area contributed by atoms with Gasteiger partial charge in [-0.25, -0.2) is 0 Å². The molecule has 0 atom stereocenters. The molecule has 0 spiro atoms. The van der Waals surface area contributed by atoms with Crippen LogP contribution in [-0.2, 0) is 22.6 Å². The summed E-state index contributed by atoms with van der Waals surface area (Å²) < 4.78 is 10.6. The number of ether oxygens (including phenoxy) is 1. The summed E-state index contributed by atoms with van der Waals surface area (Å²) in [7, 11) is 0. The lowest BCUT2D eigenvalue weighted by Gasteiger charge is -2.10. The lowest BCUT2D eigenvalue weighted by molar-refractivity contribution is -0.116. The van der Waals surface area contributed by atoms with E-state index in [4.69, 9.17) is 9.26 Å². The molecule has 3 rings (SSSR count). The Morgan fingerprint density at radius 2 is 2.12 bits per heavy atom. The highest BCUT2D eigenvalue weighted by Gasteiger charge is 2.12. The van der Waals surface area contributed by atoms with E-state index in [2.05, 4.69) is 20.4 Å². The lowest BCUT2D eigenvalue weighted by Crippen LogP contribution is -2.14. The molecule has 26 heavy (non-hydrogen) atoms. The van der Waals surface area contributed by atoms with Gasteiger partial charge in [-0.05, 0) is 25.1 Å². The van der Waals surface area contributed by atoms with Crippen molar-refractivity contribution in [3.05, 3.63) is 60.2 Å².